The Balaban J connectivity index is 1.94. The Morgan fingerprint density at radius 2 is 2.17 bits per heavy atom. The van der Waals surface area contributed by atoms with Crippen molar-refractivity contribution in [3.05, 3.63) is 0 Å². The van der Waals surface area contributed by atoms with Gasteiger partial charge in [-0.3, -0.25) is 0 Å². The summed E-state index contributed by atoms with van der Waals surface area (Å²) in [7, 11) is 5.66. The first-order valence-electron chi connectivity index (χ1n) is 4.46. The van der Waals surface area contributed by atoms with Gasteiger partial charge in [0.15, 0.2) is 0 Å². The topological polar surface area (TPSA) is 27.7 Å². The van der Waals surface area contributed by atoms with Crippen LogP contribution in [0.3, 0.4) is 0 Å². The second-order valence-corrected chi connectivity index (χ2v) is 3.73. The van der Waals surface area contributed by atoms with Gasteiger partial charge in [-0.25, -0.2) is 0 Å². The van der Waals surface area contributed by atoms with E-state index in [9.17, 15) is 0 Å². The number of hydrogen-bond donors (Lipinski definition) is 0. The predicted octanol–water partition coefficient (Wildman–Crippen LogP) is -0.533. The summed E-state index contributed by atoms with van der Waals surface area (Å²) in [5.41, 5.74) is 0. The van der Waals surface area contributed by atoms with E-state index < -0.39 is 0 Å². The number of fused-ring (bicyclic) bond motifs is 1. The molecule has 1 saturated carbocycles. The van der Waals surface area contributed by atoms with Crippen molar-refractivity contribution >= 4 is 7.85 Å². The molecule has 2 rings (SSSR count). The Kier molecular flexibility index (Phi) is 2.15. The molecule has 1 aliphatic carbocycles. The van der Waals surface area contributed by atoms with Gasteiger partial charge in [0.25, 0.3) is 0 Å². The van der Waals surface area contributed by atoms with Gasteiger partial charge in [0, 0.05) is 20.1 Å². The minimum absolute atomic E-state index is 0.159. The molecule has 12 heavy (non-hydrogen) atoms. The zero-order valence-corrected chi connectivity index (χ0v) is 7.82. The molecule has 1 aliphatic heterocycles. The van der Waals surface area contributed by atoms with Crippen molar-refractivity contribution in [1.82, 2.24) is 0 Å². The van der Waals surface area contributed by atoms with E-state index in [2.05, 4.69) is 7.85 Å². The summed E-state index contributed by atoms with van der Waals surface area (Å²) in [5.74, 6) is 1.30. The molecule has 2 aliphatic rings. The van der Waals surface area contributed by atoms with Crippen LogP contribution in [0.4, 0.5) is 0 Å². The molecular weight excluding hydrogens is 155 g/mol. The van der Waals surface area contributed by atoms with E-state index in [1.165, 1.54) is 0 Å². The van der Waals surface area contributed by atoms with Gasteiger partial charge in [0.1, 0.15) is 14.0 Å². The highest BCUT2D eigenvalue weighted by Crippen LogP contribution is 2.55. The molecule has 1 saturated heterocycles. The highest BCUT2D eigenvalue weighted by Gasteiger charge is 2.61. The summed E-state index contributed by atoms with van der Waals surface area (Å²) in [6, 6.07) is 0. The van der Waals surface area contributed by atoms with Gasteiger partial charge in [0.2, 0.25) is 0 Å². The average molecular weight is 170 g/mol. The fraction of sp³-hybridized carbons (Fsp3) is 1.00. The highest BCUT2D eigenvalue weighted by atomic mass is 16.6. The van der Waals surface area contributed by atoms with Crippen LogP contribution in [0.5, 0.6) is 0 Å². The molecular formula is C8H15BO3. The Morgan fingerprint density at radius 1 is 1.42 bits per heavy atom. The molecule has 2 fully saturated rings. The first kappa shape index (κ1) is 8.54. The lowest BCUT2D eigenvalue weighted by molar-refractivity contribution is -0.0529. The largest absolute Gasteiger partial charge is 0.382 e. The monoisotopic (exact) mass is 170 g/mol. The number of hydrogen-bond acceptors (Lipinski definition) is 3. The van der Waals surface area contributed by atoms with Gasteiger partial charge in [-0.2, -0.15) is 0 Å². The predicted molar refractivity (Wildman–Crippen MR) is 47.1 cm³/mol. The standard InChI is InChI=1S/C8H15BO3/c1-10-3-4-7(11-2)5-6(9)8(5)12-4/h4-8H,3,9H2,1-2H3/t4-,5?,6+,7?,8?/m1/s1. The van der Waals surface area contributed by atoms with E-state index in [-0.39, 0.29) is 12.2 Å². The van der Waals surface area contributed by atoms with Gasteiger partial charge in [-0.15, -0.1) is 0 Å². The molecule has 0 aromatic carbocycles. The number of ether oxygens (including phenoxy) is 3. The van der Waals surface area contributed by atoms with Crippen LogP contribution in [0, 0.1) is 5.92 Å². The summed E-state index contributed by atoms with van der Waals surface area (Å²) in [4.78, 5) is 0. The van der Waals surface area contributed by atoms with Gasteiger partial charge < -0.3 is 14.2 Å². The van der Waals surface area contributed by atoms with Crippen LogP contribution in [-0.4, -0.2) is 47.0 Å². The maximum absolute atomic E-state index is 5.74. The van der Waals surface area contributed by atoms with E-state index in [4.69, 9.17) is 14.2 Å². The van der Waals surface area contributed by atoms with E-state index >= 15 is 0 Å². The second-order valence-electron chi connectivity index (χ2n) is 3.73. The molecule has 3 unspecified atom stereocenters. The Bertz CT molecular complexity index is 176. The molecule has 0 spiro atoms. The van der Waals surface area contributed by atoms with Gasteiger partial charge in [0.05, 0.1) is 18.8 Å². The normalized spacial score (nSPS) is 50.7. The molecule has 68 valence electrons. The molecule has 4 heteroatoms. The zero-order chi connectivity index (χ0) is 8.72. The fourth-order valence-electron chi connectivity index (χ4n) is 2.29. The van der Waals surface area contributed by atoms with Crippen LogP contribution in [0.25, 0.3) is 0 Å². The molecule has 3 nitrogen and oxygen atoms in total. The lowest BCUT2D eigenvalue weighted by Crippen LogP contribution is -2.32. The molecule has 5 atom stereocenters. The van der Waals surface area contributed by atoms with E-state index in [1.807, 2.05) is 0 Å². The van der Waals surface area contributed by atoms with Crippen molar-refractivity contribution in [2.24, 2.45) is 5.92 Å². The van der Waals surface area contributed by atoms with Crippen molar-refractivity contribution < 1.29 is 14.2 Å². The lowest BCUT2D eigenvalue weighted by Gasteiger charge is -2.20. The molecule has 0 radical (unpaired) electrons. The van der Waals surface area contributed by atoms with Gasteiger partial charge in [-0.05, 0) is 5.82 Å². The summed E-state index contributed by atoms with van der Waals surface area (Å²) in [6.45, 7) is 0.651. The molecule has 0 amide bonds. The lowest BCUT2D eigenvalue weighted by atomic mass is 9.95. The van der Waals surface area contributed by atoms with Crippen molar-refractivity contribution in [2.45, 2.75) is 24.1 Å². The third kappa shape index (κ3) is 1.10. The molecule has 0 aromatic rings. The minimum atomic E-state index is 0.159. The first-order chi connectivity index (χ1) is 5.79. The smallest absolute Gasteiger partial charge is 0.109 e. The van der Waals surface area contributed by atoms with Crippen molar-refractivity contribution in [3.63, 3.8) is 0 Å². The summed E-state index contributed by atoms with van der Waals surface area (Å²) in [5, 5.41) is 0. The summed E-state index contributed by atoms with van der Waals surface area (Å²) in [6.07, 6.45) is 0.853. The van der Waals surface area contributed by atoms with E-state index in [1.54, 1.807) is 14.2 Å². The van der Waals surface area contributed by atoms with E-state index in [0.29, 0.717) is 24.4 Å². The first-order valence-corrected chi connectivity index (χ1v) is 4.46. The maximum atomic E-state index is 5.74. The van der Waals surface area contributed by atoms with Crippen LogP contribution in [0.1, 0.15) is 0 Å². The van der Waals surface area contributed by atoms with Crippen LogP contribution < -0.4 is 0 Å². The van der Waals surface area contributed by atoms with E-state index in [0.717, 1.165) is 0 Å². The van der Waals surface area contributed by atoms with Crippen LogP contribution in [0.2, 0.25) is 5.82 Å². The molecule has 0 aromatic heterocycles. The Morgan fingerprint density at radius 3 is 2.75 bits per heavy atom. The zero-order valence-electron chi connectivity index (χ0n) is 7.82. The number of rotatable bonds is 3. The minimum Gasteiger partial charge on any atom is -0.382 e. The van der Waals surface area contributed by atoms with Crippen LogP contribution >= 0.6 is 0 Å². The van der Waals surface area contributed by atoms with Gasteiger partial charge >= 0.3 is 0 Å². The van der Waals surface area contributed by atoms with Crippen molar-refractivity contribution in [3.8, 4) is 0 Å². The molecule has 0 bridgehead atoms. The number of methoxy groups -OCH3 is 2. The summed E-state index contributed by atoms with van der Waals surface area (Å²) >= 11 is 0. The SMILES string of the molecule is B[C@@H]1C2O[C@H](COC)C(OC)C21. The maximum Gasteiger partial charge on any atom is 0.109 e. The Hall–Kier alpha value is -0.0551. The quantitative estimate of drug-likeness (QED) is 0.532. The fourth-order valence-corrected chi connectivity index (χ4v) is 2.29. The molecule has 0 N–H and O–H groups in total. The molecule has 1 heterocycles. The van der Waals surface area contributed by atoms with Crippen molar-refractivity contribution in [1.29, 1.82) is 0 Å². The Labute approximate surface area is 73.8 Å². The summed E-state index contributed by atoms with van der Waals surface area (Å²) < 4.78 is 16.2. The van der Waals surface area contributed by atoms with Crippen LogP contribution in [-0.2, 0) is 14.2 Å². The highest BCUT2D eigenvalue weighted by molar-refractivity contribution is 6.15. The van der Waals surface area contributed by atoms with Crippen molar-refractivity contribution in [2.75, 3.05) is 20.8 Å². The second kappa shape index (κ2) is 3.02. The van der Waals surface area contributed by atoms with Gasteiger partial charge in [-0.1, -0.05) is 0 Å². The average Bonchev–Trinajstić information content (AvgIpc) is 2.58. The third-order valence-corrected chi connectivity index (χ3v) is 3.04. The van der Waals surface area contributed by atoms with Crippen LogP contribution in [0.15, 0.2) is 0 Å². The third-order valence-electron chi connectivity index (χ3n) is 3.04.